The average molecular weight is 208 g/mol. The second-order valence-electron chi connectivity index (χ2n) is 3.84. The lowest BCUT2D eigenvalue weighted by molar-refractivity contribution is -0.0564. The van der Waals surface area contributed by atoms with Crippen molar-refractivity contribution in [2.75, 3.05) is 6.61 Å². The van der Waals surface area contributed by atoms with Crippen molar-refractivity contribution in [1.82, 2.24) is 0 Å². The maximum Gasteiger partial charge on any atom is 0.156 e. The lowest BCUT2D eigenvalue weighted by atomic mass is 10.00. The van der Waals surface area contributed by atoms with Crippen molar-refractivity contribution in [3.05, 3.63) is 35.4 Å². The zero-order valence-electron chi connectivity index (χ0n) is 9.01. The number of benzene rings is 1. The van der Waals surface area contributed by atoms with Crippen LogP contribution in [-0.4, -0.2) is 24.1 Å². The zero-order valence-corrected chi connectivity index (χ0v) is 9.01. The molecule has 0 aromatic heterocycles. The lowest BCUT2D eigenvalue weighted by Crippen LogP contribution is -2.20. The van der Waals surface area contributed by atoms with Crippen molar-refractivity contribution in [1.29, 1.82) is 0 Å². The van der Waals surface area contributed by atoms with Crippen LogP contribution in [0, 0.1) is 6.92 Å². The van der Waals surface area contributed by atoms with Gasteiger partial charge in [-0.2, -0.15) is 0 Å². The Balaban J connectivity index is 2.26. The molecule has 2 rings (SSSR count). The molecule has 1 heterocycles. The van der Waals surface area contributed by atoms with Crippen molar-refractivity contribution in [3.8, 4) is 0 Å². The first-order chi connectivity index (χ1) is 7.22. The largest absolute Gasteiger partial charge is 0.394 e. The number of ether oxygens (including phenoxy) is 2. The van der Waals surface area contributed by atoms with Gasteiger partial charge >= 0.3 is 0 Å². The Hall–Kier alpha value is -0.900. The quantitative estimate of drug-likeness (QED) is 0.805. The number of aryl methyl sites for hydroxylation is 1. The summed E-state index contributed by atoms with van der Waals surface area (Å²) in [6, 6.07) is 8.02. The summed E-state index contributed by atoms with van der Waals surface area (Å²) in [5.41, 5.74) is 2.26. The second-order valence-corrected chi connectivity index (χ2v) is 3.84. The number of aliphatic hydroxyl groups is 1. The maximum absolute atomic E-state index is 9.20. The molecule has 1 fully saturated rings. The van der Waals surface area contributed by atoms with Crippen LogP contribution < -0.4 is 0 Å². The second kappa shape index (κ2) is 4.31. The number of hydrogen-bond acceptors (Lipinski definition) is 3. The molecule has 82 valence electrons. The molecule has 1 aromatic carbocycles. The highest BCUT2D eigenvalue weighted by Crippen LogP contribution is 2.33. The third kappa shape index (κ3) is 2.04. The topological polar surface area (TPSA) is 38.7 Å². The van der Waals surface area contributed by atoms with Crippen LogP contribution >= 0.6 is 0 Å². The maximum atomic E-state index is 9.20. The molecule has 1 aliphatic rings. The van der Waals surface area contributed by atoms with E-state index in [1.165, 1.54) is 5.56 Å². The summed E-state index contributed by atoms with van der Waals surface area (Å²) in [5, 5.41) is 9.20. The molecule has 0 radical (unpaired) electrons. The summed E-state index contributed by atoms with van der Waals surface area (Å²) in [4.78, 5) is 0. The third-order valence-electron chi connectivity index (χ3n) is 2.72. The van der Waals surface area contributed by atoms with Crippen molar-refractivity contribution in [2.24, 2.45) is 0 Å². The van der Waals surface area contributed by atoms with Crippen LogP contribution in [0.2, 0.25) is 0 Å². The molecule has 0 spiro atoms. The Bertz CT molecular complexity index is 337. The fourth-order valence-electron chi connectivity index (χ4n) is 1.96. The molecule has 1 unspecified atom stereocenters. The molecule has 0 saturated carbocycles. The van der Waals surface area contributed by atoms with Gasteiger partial charge < -0.3 is 14.6 Å². The van der Waals surface area contributed by atoms with Crippen LogP contribution in [0.1, 0.15) is 24.2 Å². The minimum atomic E-state index is -0.249. The number of aliphatic hydroxyl groups excluding tert-OH is 1. The monoisotopic (exact) mass is 208 g/mol. The van der Waals surface area contributed by atoms with Crippen molar-refractivity contribution in [2.45, 2.75) is 32.3 Å². The van der Waals surface area contributed by atoms with Crippen LogP contribution in [0.15, 0.2) is 24.3 Å². The van der Waals surface area contributed by atoms with E-state index in [4.69, 9.17) is 9.47 Å². The molecular weight excluding hydrogens is 192 g/mol. The van der Waals surface area contributed by atoms with E-state index in [-0.39, 0.29) is 25.1 Å². The standard InChI is InChI=1S/C12H16O3/c1-8-5-3-4-6-10(8)12-11(7-13)14-9(2)15-12/h3-6,9,11-13H,7H2,1-2H3/t9?,11-,12-/m1/s1. The molecule has 1 aromatic rings. The fourth-order valence-corrected chi connectivity index (χ4v) is 1.96. The van der Waals surface area contributed by atoms with E-state index in [0.717, 1.165) is 5.56 Å². The van der Waals surface area contributed by atoms with Gasteiger partial charge in [-0.05, 0) is 25.0 Å². The number of rotatable bonds is 2. The Kier molecular flexibility index (Phi) is 3.05. The molecule has 3 nitrogen and oxygen atoms in total. The van der Waals surface area contributed by atoms with Gasteiger partial charge in [-0.15, -0.1) is 0 Å². The summed E-state index contributed by atoms with van der Waals surface area (Å²) >= 11 is 0. The highest BCUT2D eigenvalue weighted by atomic mass is 16.7. The van der Waals surface area contributed by atoms with Crippen LogP contribution in [0.5, 0.6) is 0 Å². The predicted molar refractivity (Wildman–Crippen MR) is 56.4 cm³/mol. The van der Waals surface area contributed by atoms with Gasteiger partial charge in [0.25, 0.3) is 0 Å². The molecule has 0 bridgehead atoms. The van der Waals surface area contributed by atoms with Gasteiger partial charge in [0, 0.05) is 0 Å². The molecule has 3 atom stereocenters. The summed E-state index contributed by atoms with van der Waals surface area (Å²) in [7, 11) is 0. The molecular formula is C12H16O3. The molecule has 1 aliphatic heterocycles. The Morgan fingerprint density at radius 1 is 1.27 bits per heavy atom. The first kappa shape index (κ1) is 10.6. The smallest absolute Gasteiger partial charge is 0.156 e. The third-order valence-corrected chi connectivity index (χ3v) is 2.72. The van der Waals surface area contributed by atoms with E-state index in [1.807, 2.05) is 38.1 Å². The van der Waals surface area contributed by atoms with Crippen LogP contribution in [0.3, 0.4) is 0 Å². The number of hydrogen-bond donors (Lipinski definition) is 1. The van der Waals surface area contributed by atoms with E-state index in [1.54, 1.807) is 0 Å². The molecule has 15 heavy (non-hydrogen) atoms. The zero-order chi connectivity index (χ0) is 10.8. The van der Waals surface area contributed by atoms with E-state index in [0.29, 0.717) is 0 Å². The highest BCUT2D eigenvalue weighted by Gasteiger charge is 2.34. The summed E-state index contributed by atoms with van der Waals surface area (Å²) in [5.74, 6) is 0. The lowest BCUT2D eigenvalue weighted by Gasteiger charge is -2.16. The molecule has 0 amide bonds. The Labute approximate surface area is 89.6 Å². The average Bonchev–Trinajstić information content (AvgIpc) is 2.60. The molecule has 0 aliphatic carbocycles. The molecule has 3 heteroatoms. The Morgan fingerprint density at radius 2 is 2.00 bits per heavy atom. The summed E-state index contributed by atoms with van der Waals surface area (Å²) in [6.07, 6.45) is -0.640. The molecule has 1 saturated heterocycles. The van der Waals surface area contributed by atoms with E-state index >= 15 is 0 Å². The van der Waals surface area contributed by atoms with Crippen LogP contribution in [-0.2, 0) is 9.47 Å². The predicted octanol–water partition coefficient (Wildman–Crippen LogP) is 1.79. The van der Waals surface area contributed by atoms with Gasteiger partial charge in [0.05, 0.1) is 6.61 Å². The van der Waals surface area contributed by atoms with Gasteiger partial charge in [0.15, 0.2) is 6.29 Å². The SMILES string of the molecule is Cc1ccccc1[C@H]1OC(C)O[C@@H]1CO. The first-order valence-corrected chi connectivity index (χ1v) is 5.19. The van der Waals surface area contributed by atoms with Crippen LogP contribution in [0.4, 0.5) is 0 Å². The van der Waals surface area contributed by atoms with Gasteiger partial charge in [-0.25, -0.2) is 0 Å². The first-order valence-electron chi connectivity index (χ1n) is 5.19. The van der Waals surface area contributed by atoms with E-state index in [2.05, 4.69) is 0 Å². The van der Waals surface area contributed by atoms with Crippen molar-refractivity contribution < 1.29 is 14.6 Å². The normalized spacial score (nSPS) is 30.7. The minimum absolute atomic E-state index is 0.0106. The van der Waals surface area contributed by atoms with Gasteiger partial charge in [0.2, 0.25) is 0 Å². The Morgan fingerprint density at radius 3 is 2.67 bits per heavy atom. The summed E-state index contributed by atoms with van der Waals surface area (Å²) < 4.78 is 11.1. The van der Waals surface area contributed by atoms with E-state index < -0.39 is 0 Å². The molecule has 1 N–H and O–H groups in total. The minimum Gasteiger partial charge on any atom is -0.394 e. The highest BCUT2D eigenvalue weighted by molar-refractivity contribution is 5.29. The van der Waals surface area contributed by atoms with E-state index in [9.17, 15) is 5.11 Å². The van der Waals surface area contributed by atoms with Crippen molar-refractivity contribution in [3.63, 3.8) is 0 Å². The van der Waals surface area contributed by atoms with Crippen molar-refractivity contribution >= 4 is 0 Å². The summed E-state index contributed by atoms with van der Waals surface area (Å²) in [6.45, 7) is 3.88. The fraction of sp³-hybridized carbons (Fsp3) is 0.500. The van der Waals surface area contributed by atoms with Gasteiger partial charge in [-0.1, -0.05) is 24.3 Å². The van der Waals surface area contributed by atoms with Gasteiger partial charge in [-0.3, -0.25) is 0 Å². The van der Waals surface area contributed by atoms with Gasteiger partial charge in [0.1, 0.15) is 12.2 Å². The van der Waals surface area contributed by atoms with Crippen LogP contribution in [0.25, 0.3) is 0 Å².